The van der Waals surface area contributed by atoms with Crippen molar-refractivity contribution < 1.29 is 0 Å². The maximum atomic E-state index is 4.62. The highest BCUT2D eigenvalue weighted by Gasteiger charge is 2.12. The second kappa shape index (κ2) is 7.97. The summed E-state index contributed by atoms with van der Waals surface area (Å²) in [7, 11) is 0. The number of hydrogen-bond acceptors (Lipinski definition) is 4. The first-order valence-corrected chi connectivity index (χ1v) is 7.34. The number of nitrogens with zero attached hydrogens (tertiary/aromatic N) is 3. The van der Waals surface area contributed by atoms with Gasteiger partial charge >= 0.3 is 0 Å². The minimum absolute atomic E-state index is 0.626. The van der Waals surface area contributed by atoms with Crippen LogP contribution in [0.5, 0.6) is 0 Å². The maximum Gasteiger partial charge on any atom is 0.224 e. The van der Waals surface area contributed by atoms with Gasteiger partial charge in [0.1, 0.15) is 5.82 Å². The average Bonchev–Trinajstić information content (AvgIpc) is 2.35. The molecular weight excluding hydrogens is 236 g/mol. The molecule has 0 saturated heterocycles. The van der Waals surface area contributed by atoms with Gasteiger partial charge in [0.05, 0.1) is 0 Å². The number of nitrogens with one attached hydrogen (secondary N) is 1. The minimum Gasteiger partial charge on any atom is -0.356 e. The van der Waals surface area contributed by atoms with Gasteiger partial charge < -0.3 is 10.2 Å². The Balaban J connectivity index is 2.81. The topological polar surface area (TPSA) is 41.1 Å². The van der Waals surface area contributed by atoms with Gasteiger partial charge in [0, 0.05) is 25.8 Å². The smallest absolute Gasteiger partial charge is 0.224 e. The molecule has 1 heterocycles. The first kappa shape index (κ1) is 15.7. The summed E-state index contributed by atoms with van der Waals surface area (Å²) in [4.78, 5) is 11.2. The molecule has 0 unspecified atom stereocenters. The molecule has 0 atom stereocenters. The van der Waals surface area contributed by atoms with E-state index in [0.717, 1.165) is 37.8 Å². The zero-order valence-electron chi connectivity index (χ0n) is 13.0. The second-order valence-electron chi connectivity index (χ2n) is 5.86. The third-order valence-electron chi connectivity index (χ3n) is 2.67. The number of aromatic nitrogens is 2. The summed E-state index contributed by atoms with van der Waals surface area (Å²) in [6.07, 6.45) is 2.92. The molecule has 0 bridgehead atoms. The van der Waals surface area contributed by atoms with Crippen molar-refractivity contribution in [1.29, 1.82) is 0 Å². The third-order valence-corrected chi connectivity index (χ3v) is 2.67. The van der Waals surface area contributed by atoms with Crippen molar-refractivity contribution in [1.82, 2.24) is 9.97 Å². The van der Waals surface area contributed by atoms with E-state index in [4.69, 9.17) is 0 Å². The van der Waals surface area contributed by atoms with Gasteiger partial charge in [-0.25, -0.2) is 4.98 Å². The summed E-state index contributed by atoms with van der Waals surface area (Å²) in [5.41, 5.74) is 0. The average molecular weight is 264 g/mol. The Morgan fingerprint density at radius 2 is 1.79 bits per heavy atom. The summed E-state index contributed by atoms with van der Waals surface area (Å²) in [5, 5.41) is 3.25. The lowest BCUT2D eigenvalue weighted by Gasteiger charge is -2.27. The first-order chi connectivity index (χ1) is 9.02. The Hall–Kier alpha value is -1.32. The molecule has 1 aromatic heterocycles. The molecule has 0 fully saturated rings. The standard InChI is InChI=1S/C15H28N4/c1-6-8-16-15-17-9-7-14(18-15)19(10-12(2)3)11-13(4)5/h7,9,12-13H,6,8,10-11H2,1-5H3,(H,16,17,18). The van der Waals surface area contributed by atoms with Crippen LogP contribution in [0.1, 0.15) is 41.0 Å². The maximum absolute atomic E-state index is 4.62. The Bertz CT molecular complexity index is 353. The van der Waals surface area contributed by atoms with Crippen molar-refractivity contribution in [2.45, 2.75) is 41.0 Å². The van der Waals surface area contributed by atoms with Crippen LogP contribution >= 0.6 is 0 Å². The molecule has 0 amide bonds. The summed E-state index contributed by atoms with van der Waals surface area (Å²) < 4.78 is 0. The minimum atomic E-state index is 0.626. The monoisotopic (exact) mass is 264 g/mol. The van der Waals surface area contributed by atoms with Crippen LogP contribution in [-0.2, 0) is 0 Å². The fourth-order valence-corrected chi connectivity index (χ4v) is 1.99. The highest BCUT2D eigenvalue weighted by molar-refractivity contribution is 5.42. The Labute approximate surface area is 117 Å². The van der Waals surface area contributed by atoms with E-state index in [9.17, 15) is 0 Å². The molecule has 0 saturated carbocycles. The molecule has 0 aliphatic heterocycles. The Morgan fingerprint density at radius 3 is 2.32 bits per heavy atom. The second-order valence-corrected chi connectivity index (χ2v) is 5.86. The number of rotatable bonds is 8. The highest BCUT2D eigenvalue weighted by atomic mass is 15.2. The van der Waals surface area contributed by atoms with E-state index in [1.165, 1.54) is 0 Å². The van der Waals surface area contributed by atoms with Gasteiger partial charge in [-0.1, -0.05) is 34.6 Å². The number of anilines is 2. The van der Waals surface area contributed by atoms with Gasteiger partial charge in [-0.05, 0) is 24.3 Å². The van der Waals surface area contributed by atoms with Crippen molar-refractivity contribution in [3.8, 4) is 0 Å². The fourth-order valence-electron chi connectivity index (χ4n) is 1.99. The predicted molar refractivity (Wildman–Crippen MR) is 82.7 cm³/mol. The van der Waals surface area contributed by atoms with Gasteiger partial charge in [-0.2, -0.15) is 4.98 Å². The van der Waals surface area contributed by atoms with Crippen LogP contribution in [0.3, 0.4) is 0 Å². The number of hydrogen-bond donors (Lipinski definition) is 1. The van der Waals surface area contributed by atoms with Crippen LogP contribution in [0.4, 0.5) is 11.8 Å². The quantitative estimate of drug-likeness (QED) is 0.781. The summed E-state index contributed by atoms with van der Waals surface area (Å²) in [6, 6.07) is 2.00. The van der Waals surface area contributed by atoms with Crippen molar-refractivity contribution in [2.24, 2.45) is 11.8 Å². The van der Waals surface area contributed by atoms with Crippen molar-refractivity contribution >= 4 is 11.8 Å². The molecule has 1 aromatic rings. The van der Waals surface area contributed by atoms with E-state index in [0.29, 0.717) is 11.8 Å². The first-order valence-electron chi connectivity index (χ1n) is 7.34. The molecule has 0 spiro atoms. The van der Waals surface area contributed by atoms with E-state index in [1.807, 2.05) is 12.3 Å². The SMILES string of the molecule is CCCNc1nccc(N(CC(C)C)CC(C)C)n1. The highest BCUT2D eigenvalue weighted by Crippen LogP contribution is 2.16. The van der Waals surface area contributed by atoms with Crippen molar-refractivity contribution in [3.05, 3.63) is 12.3 Å². The third kappa shape index (κ3) is 5.90. The van der Waals surface area contributed by atoms with Gasteiger partial charge in [0.2, 0.25) is 5.95 Å². The molecule has 108 valence electrons. The molecule has 0 aliphatic rings. The van der Waals surface area contributed by atoms with E-state index >= 15 is 0 Å². The zero-order valence-corrected chi connectivity index (χ0v) is 13.0. The van der Waals surface area contributed by atoms with Gasteiger partial charge in [-0.3, -0.25) is 0 Å². The van der Waals surface area contributed by atoms with E-state index < -0.39 is 0 Å². The van der Waals surface area contributed by atoms with Gasteiger partial charge in [0.15, 0.2) is 0 Å². The van der Waals surface area contributed by atoms with Crippen LogP contribution in [0.25, 0.3) is 0 Å². The molecule has 4 heteroatoms. The van der Waals surface area contributed by atoms with Crippen LogP contribution in [0.2, 0.25) is 0 Å². The Morgan fingerprint density at radius 1 is 1.16 bits per heavy atom. The van der Waals surface area contributed by atoms with E-state index in [2.05, 4.69) is 54.8 Å². The fraction of sp³-hybridized carbons (Fsp3) is 0.733. The molecule has 0 aromatic carbocycles. The predicted octanol–water partition coefficient (Wildman–Crippen LogP) is 3.42. The summed E-state index contributed by atoms with van der Waals surface area (Å²) in [5.74, 6) is 3.01. The van der Waals surface area contributed by atoms with Gasteiger partial charge in [-0.15, -0.1) is 0 Å². The largest absolute Gasteiger partial charge is 0.356 e. The lowest BCUT2D eigenvalue weighted by atomic mass is 10.1. The summed E-state index contributed by atoms with van der Waals surface area (Å²) in [6.45, 7) is 14.1. The van der Waals surface area contributed by atoms with Crippen molar-refractivity contribution in [3.63, 3.8) is 0 Å². The lowest BCUT2D eigenvalue weighted by Crippen LogP contribution is -2.32. The molecule has 1 N–H and O–H groups in total. The molecule has 1 rings (SSSR count). The lowest BCUT2D eigenvalue weighted by molar-refractivity contribution is 0.548. The molecular formula is C15H28N4. The summed E-state index contributed by atoms with van der Waals surface area (Å²) >= 11 is 0. The van der Waals surface area contributed by atoms with E-state index in [-0.39, 0.29) is 0 Å². The van der Waals surface area contributed by atoms with Gasteiger partial charge in [0.25, 0.3) is 0 Å². The van der Waals surface area contributed by atoms with Crippen LogP contribution in [0, 0.1) is 11.8 Å². The molecule has 19 heavy (non-hydrogen) atoms. The Kier molecular flexibility index (Phi) is 6.60. The van der Waals surface area contributed by atoms with Crippen LogP contribution in [0.15, 0.2) is 12.3 Å². The van der Waals surface area contributed by atoms with Crippen LogP contribution in [-0.4, -0.2) is 29.6 Å². The van der Waals surface area contributed by atoms with Crippen LogP contribution < -0.4 is 10.2 Å². The molecule has 0 aliphatic carbocycles. The normalized spacial score (nSPS) is 11.1. The zero-order chi connectivity index (χ0) is 14.3. The van der Waals surface area contributed by atoms with E-state index in [1.54, 1.807) is 0 Å². The van der Waals surface area contributed by atoms with Crippen molar-refractivity contribution in [2.75, 3.05) is 29.9 Å². The molecule has 4 nitrogen and oxygen atoms in total. The molecule has 0 radical (unpaired) electrons.